The van der Waals surface area contributed by atoms with Crippen molar-refractivity contribution in [3.63, 3.8) is 0 Å². The van der Waals surface area contributed by atoms with Crippen molar-refractivity contribution in [3.05, 3.63) is 42.6 Å². The zero-order valence-electron chi connectivity index (χ0n) is 12.4. The van der Waals surface area contributed by atoms with Crippen molar-refractivity contribution in [1.82, 2.24) is 9.78 Å². The summed E-state index contributed by atoms with van der Waals surface area (Å²) >= 11 is 0. The molecule has 0 spiro atoms. The van der Waals surface area contributed by atoms with Gasteiger partial charge in [0.15, 0.2) is 5.82 Å². The van der Waals surface area contributed by atoms with Gasteiger partial charge in [-0.05, 0) is 25.0 Å². The molecule has 6 nitrogen and oxygen atoms in total. The Morgan fingerprint density at radius 2 is 2.00 bits per heavy atom. The summed E-state index contributed by atoms with van der Waals surface area (Å²) in [6, 6.07) is 11.5. The highest BCUT2D eigenvalue weighted by atomic mass is 16.5. The lowest BCUT2D eigenvalue weighted by atomic mass is 9.79. The summed E-state index contributed by atoms with van der Waals surface area (Å²) in [7, 11) is 0. The van der Waals surface area contributed by atoms with E-state index in [1.807, 2.05) is 36.5 Å². The number of benzene rings is 1. The minimum atomic E-state index is -0.547. The Balaban J connectivity index is 1.73. The third-order valence-electron chi connectivity index (χ3n) is 4.17. The van der Waals surface area contributed by atoms with E-state index in [-0.39, 0.29) is 5.91 Å². The van der Waals surface area contributed by atoms with Crippen LogP contribution in [0.5, 0.6) is 0 Å². The van der Waals surface area contributed by atoms with Gasteiger partial charge in [0, 0.05) is 32.0 Å². The summed E-state index contributed by atoms with van der Waals surface area (Å²) in [6.07, 6.45) is 3.12. The van der Waals surface area contributed by atoms with E-state index < -0.39 is 5.41 Å². The number of hydrogen-bond donors (Lipinski definition) is 2. The van der Waals surface area contributed by atoms with Crippen LogP contribution in [0, 0.1) is 5.41 Å². The van der Waals surface area contributed by atoms with Gasteiger partial charge in [-0.3, -0.25) is 4.79 Å². The fourth-order valence-corrected chi connectivity index (χ4v) is 2.65. The molecule has 0 radical (unpaired) electrons. The zero-order valence-corrected chi connectivity index (χ0v) is 12.4. The monoisotopic (exact) mass is 300 g/mol. The van der Waals surface area contributed by atoms with E-state index in [1.54, 1.807) is 10.7 Å². The van der Waals surface area contributed by atoms with Gasteiger partial charge < -0.3 is 15.8 Å². The summed E-state index contributed by atoms with van der Waals surface area (Å²) in [4.78, 5) is 12.6. The van der Waals surface area contributed by atoms with E-state index in [1.165, 1.54) is 0 Å². The number of hydrogen-bond acceptors (Lipinski definition) is 4. The van der Waals surface area contributed by atoms with Crippen molar-refractivity contribution < 1.29 is 9.53 Å². The predicted octanol–water partition coefficient (Wildman–Crippen LogP) is 1.57. The second-order valence-corrected chi connectivity index (χ2v) is 5.53. The fraction of sp³-hybridized carbons (Fsp3) is 0.375. The molecule has 22 heavy (non-hydrogen) atoms. The van der Waals surface area contributed by atoms with Crippen molar-refractivity contribution in [1.29, 1.82) is 0 Å². The zero-order chi connectivity index (χ0) is 15.4. The Labute approximate surface area is 129 Å². The van der Waals surface area contributed by atoms with Gasteiger partial charge in [-0.1, -0.05) is 18.2 Å². The normalized spacial score (nSPS) is 17.1. The van der Waals surface area contributed by atoms with Crippen molar-refractivity contribution >= 4 is 11.7 Å². The minimum absolute atomic E-state index is 0.0726. The van der Waals surface area contributed by atoms with Crippen LogP contribution in [0.3, 0.4) is 0 Å². The molecule has 2 aromatic rings. The van der Waals surface area contributed by atoms with Crippen LogP contribution in [0.1, 0.15) is 12.8 Å². The van der Waals surface area contributed by atoms with Gasteiger partial charge in [0.25, 0.3) is 0 Å². The minimum Gasteiger partial charge on any atom is -0.381 e. The molecular weight excluding hydrogens is 280 g/mol. The third kappa shape index (κ3) is 2.88. The molecule has 2 heterocycles. The van der Waals surface area contributed by atoms with E-state index in [4.69, 9.17) is 10.5 Å². The summed E-state index contributed by atoms with van der Waals surface area (Å²) in [5.41, 5.74) is 6.25. The summed E-state index contributed by atoms with van der Waals surface area (Å²) < 4.78 is 7.06. The number of carbonyl (C=O) groups is 1. The number of aromatic nitrogens is 2. The van der Waals surface area contributed by atoms with Crippen LogP contribution in [-0.2, 0) is 9.53 Å². The van der Waals surface area contributed by atoms with Crippen LogP contribution in [0.25, 0.3) is 5.69 Å². The van der Waals surface area contributed by atoms with Gasteiger partial charge in [0.2, 0.25) is 5.91 Å². The van der Waals surface area contributed by atoms with E-state index in [9.17, 15) is 4.79 Å². The number of rotatable bonds is 4. The summed E-state index contributed by atoms with van der Waals surface area (Å²) in [5.74, 6) is 0.463. The Kier molecular flexibility index (Phi) is 4.22. The number of nitrogens with zero attached hydrogens (tertiary/aromatic N) is 2. The SMILES string of the molecule is NCC1(C(=O)Nc2ccn(-c3ccccc3)n2)CCOCC1. The maximum atomic E-state index is 12.6. The lowest BCUT2D eigenvalue weighted by Crippen LogP contribution is -2.46. The van der Waals surface area contributed by atoms with Gasteiger partial charge in [-0.15, -0.1) is 0 Å². The highest BCUT2D eigenvalue weighted by Gasteiger charge is 2.39. The number of anilines is 1. The molecule has 116 valence electrons. The molecule has 0 atom stereocenters. The number of ether oxygens (including phenoxy) is 1. The van der Waals surface area contributed by atoms with Gasteiger partial charge in [0.1, 0.15) is 0 Å². The molecule has 1 aliphatic heterocycles. The van der Waals surface area contributed by atoms with Crippen molar-refractivity contribution in [2.24, 2.45) is 11.1 Å². The van der Waals surface area contributed by atoms with Crippen LogP contribution in [0.15, 0.2) is 42.6 Å². The Morgan fingerprint density at radius 3 is 2.68 bits per heavy atom. The molecule has 1 aliphatic rings. The van der Waals surface area contributed by atoms with Crippen LogP contribution in [-0.4, -0.2) is 35.4 Å². The first-order valence-corrected chi connectivity index (χ1v) is 7.44. The quantitative estimate of drug-likeness (QED) is 0.898. The molecule has 1 amide bonds. The number of para-hydroxylation sites is 1. The number of amides is 1. The Morgan fingerprint density at radius 1 is 1.27 bits per heavy atom. The van der Waals surface area contributed by atoms with Crippen LogP contribution >= 0.6 is 0 Å². The number of nitrogens with two attached hydrogens (primary N) is 1. The maximum absolute atomic E-state index is 12.6. The highest BCUT2D eigenvalue weighted by Crippen LogP contribution is 2.30. The van der Waals surface area contributed by atoms with Crippen molar-refractivity contribution in [2.45, 2.75) is 12.8 Å². The number of carbonyl (C=O) groups excluding carboxylic acids is 1. The lowest BCUT2D eigenvalue weighted by Gasteiger charge is -2.34. The van der Waals surface area contributed by atoms with Crippen LogP contribution in [0.2, 0.25) is 0 Å². The maximum Gasteiger partial charge on any atom is 0.233 e. The second kappa shape index (κ2) is 6.29. The largest absolute Gasteiger partial charge is 0.381 e. The molecule has 1 saturated heterocycles. The van der Waals surface area contributed by atoms with Gasteiger partial charge in [-0.25, -0.2) is 4.68 Å². The molecule has 3 rings (SSSR count). The third-order valence-corrected chi connectivity index (χ3v) is 4.17. The molecule has 0 aliphatic carbocycles. The fourth-order valence-electron chi connectivity index (χ4n) is 2.65. The average molecular weight is 300 g/mol. The molecule has 3 N–H and O–H groups in total. The molecule has 0 saturated carbocycles. The average Bonchev–Trinajstić information content (AvgIpc) is 3.05. The van der Waals surface area contributed by atoms with E-state index >= 15 is 0 Å². The van der Waals surface area contributed by atoms with E-state index in [2.05, 4.69) is 10.4 Å². The van der Waals surface area contributed by atoms with Crippen LogP contribution in [0.4, 0.5) is 5.82 Å². The Hall–Kier alpha value is -2.18. The molecular formula is C16H20N4O2. The molecule has 1 fully saturated rings. The lowest BCUT2D eigenvalue weighted by molar-refractivity contribution is -0.130. The molecule has 0 bridgehead atoms. The Bertz CT molecular complexity index is 633. The first-order chi connectivity index (χ1) is 10.7. The van der Waals surface area contributed by atoms with Gasteiger partial charge in [0.05, 0.1) is 11.1 Å². The van der Waals surface area contributed by atoms with E-state index in [0.29, 0.717) is 38.4 Å². The van der Waals surface area contributed by atoms with Crippen molar-refractivity contribution in [2.75, 3.05) is 25.1 Å². The second-order valence-electron chi connectivity index (χ2n) is 5.53. The van der Waals surface area contributed by atoms with Gasteiger partial charge in [-0.2, -0.15) is 5.10 Å². The summed E-state index contributed by atoms with van der Waals surface area (Å²) in [5, 5.41) is 7.28. The molecule has 0 unspecified atom stereocenters. The highest BCUT2D eigenvalue weighted by molar-refractivity contribution is 5.94. The van der Waals surface area contributed by atoms with Gasteiger partial charge >= 0.3 is 0 Å². The van der Waals surface area contributed by atoms with Crippen molar-refractivity contribution in [3.8, 4) is 5.69 Å². The smallest absolute Gasteiger partial charge is 0.233 e. The predicted molar refractivity (Wildman–Crippen MR) is 83.7 cm³/mol. The first-order valence-electron chi connectivity index (χ1n) is 7.44. The molecule has 1 aromatic heterocycles. The topological polar surface area (TPSA) is 82.2 Å². The standard InChI is InChI=1S/C16H20N4O2/c17-12-16(7-10-22-11-8-16)15(21)18-14-6-9-20(19-14)13-4-2-1-3-5-13/h1-6,9H,7-8,10-12,17H2,(H,18,19,21). The molecule has 1 aromatic carbocycles. The summed E-state index contributed by atoms with van der Waals surface area (Å²) in [6.45, 7) is 1.47. The molecule has 6 heteroatoms. The number of nitrogens with one attached hydrogen (secondary N) is 1. The van der Waals surface area contributed by atoms with Crippen LogP contribution < -0.4 is 11.1 Å². The van der Waals surface area contributed by atoms with E-state index in [0.717, 1.165) is 5.69 Å². The first kappa shape index (κ1) is 14.7.